The standard InChI is InChI=1S/C12H7FN2O2/c13-9-5-2-1-4-8(9)12-14-11-10(17-12)6-3-7-15(11)16/h1-7H. The molecule has 0 saturated carbocycles. The van der Waals surface area contributed by atoms with Crippen molar-refractivity contribution < 1.29 is 13.5 Å². The Morgan fingerprint density at radius 3 is 2.76 bits per heavy atom. The van der Waals surface area contributed by atoms with Crippen molar-refractivity contribution in [3.63, 3.8) is 0 Å². The summed E-state index contributed by atoms with van der Waals surface area (Å²) in [4.78, 5) is 3.99. The number of oxazole rings is 1. The highest BCUT2D eigenvalue weighted by Crippen LogP contribution is 2.24. The minimum absolute atomic E-state index is 0.105. The van der Waals surface area contributed by atoms with Crippen LogP contribution >= 0.6 is 0 Å². The number of nitrogens with zero attached hydrogens (tertiary/aromatic N) is 2. The minimum atomic E-state index is -0.434. The van der Waals surface area contributed by atoms with E-state index in [-0.39, 0.29) is 17.1 Å². The predicted octanol–water partition coefficient (Wildman–Crippen LogP) is 2.27. The van der Waals surface area contributed by atoms with E-state index < -0.39 is 5.82 Å². The van der Waals surface area contributed by atoms with Crippen LogP contribution in [0.4, 0.5) is 4.39 Å². The van der Waals surface area contributed by atoms with Gasteiger partial charge in [0.1, 0.15) is 11.4 Å². The van der Waals surface area contributed by atoms with E-state index in [2.05, 4.69) is 4.98 Å². The van der Waals surface area contributed by atoms with E-state index in [0.29, 0.717) is 10.3 Å². The first-order valence-corrected chi connectivity index (χ1v) is 4.99. The first-order chi connectivity index (χ1) is 8.25. The van der Waals surface area contributed by atoms with Gasteiger partial charge in [0.15, 0.2) is 0 Å². The van der Waals surface area contributed by atoms with Gasteiger partial charge in [-0.25, -0.2) is 9.12 Å². The SMILES string of the molecule is [O-][n+]1cccc2oc(-c3ccccc3F)nc21. The topological polar surface area (TPSA) is 53.0 Å². The molecule has 0 unspecified atom stereocenters. The molecule has 84 valence electrons. The molecule has 3 rings (SSSR count). The fourth-order valence-electron chi connectivity index (χ4n) is 1.62. The van der Waals surface area contributed by atoms with Crippen LogP contribution in [0.5, 0.6) is 0 Å². The average Bonchev–Trinajstić information content (AvgIpc) is 2.75. The predicted molar refractivity (Wildman–Crippen MR) is 58.4 cm³/mol. The van der Waals surface area contributed by atoms with Gasteiger partial charge in [-0.3, -0.25) is 0 Å². The second-order valence-corrected chi connectivity index (χ2v) is 3.52. The molecular formula is C12H7FN2O2. The zero-order valence-electron chi connectivity index (χ0n) is 8.63. The van der Waals surface area contributed by atoms with Gasteiger partial charge in [-0.2, -0.15) is 0 Å². The summed E-state index contributed by atoms with van der Waals surface area (Å²) in [5, 5.41) is 11.4. The van der Waals surface area contributed by atoms with Crippen molar-refractivity contribution >= 4 is 11.2 Å². The maximum atomic E-state index is 13.5. The number of hydrogen-bond acceptors (Lipinski definition) is 3. The lowest BCUT2D eigenvalue weighted by atomic mass is 10.2. The molecule has 0 atom stereocenters. The van der Waals surface area contributed by atoms with Crippen molar-refractivity contribution in [2.75, 3.05) is 0 Å². The first kappa shape index (κ1) is 9.77. The van der Waals surface area contributed by atoms with Crippen LogP contribution in [0.25, 0.3) is 22.7 Å². The summed E-state index contributed by atoms with van der Waals surface area (Å²) in [6.07, 6.45) is 1.32. The molecule has 0 amide bonds. The number of fused-ring (bicyclic) bond motifs is 1. The van der Waals surface area contributed by atoms with Crippen LogP contribution in [0.15, 0.2) is 47.0 Å². The van der Waals surface area contributed by atoms with Crippen molar-refractivity contribution in [2.45, 2.75) is 0 Å². The molecule has 0 aliphatic carbocycles. The number of halogens is 1. The molecule has 0 saturated heterocycles. The van der Waals surface area contributed by atoms with Gasteiger partial charge in [-0.05, 0) is 24.3 Å². The van der Waals surface area contributed by atoms with Crippen molar-refractivity contribution in [3.8, 4) is 11.5 Å². The van der Waals surface area contributed by atoms with Crippen LogP contribution in [0, 0.1) is 11.0 Å². The third-order valence-electron chi connectivity index (χ3n) is 2.42. The first-order valence-electron chi connectivity index (χ1n) is 4.99. The van der Waals surface area contributed by atoms with E-state index in [9.17, 15) is 9.60 Å². The van der Waals surface area contributed by atoms with Crippen LogP contribution in [-0.4, -0.2) is 4.98 Å². The lowest BCUT2D eigenvalue weighted by Crippen LogP contribution is -2.25. The van der Waals surface area contributed by atoms with Crippen molar-refractivity contribution in [1.82, 2.24) is 4.98 Å². The Morgan fingerprint density at radius 1 is 1.18 bits per heavy atom. The van der Waals surface area contributed by atoms with E-state index in [1.165, 1.54) is 12.3 Å². The van der Waals surface area contributed by atoms with Gasteiger partial charge in [-0.15, -0.1) is 0 Å². The Balaban J connectivity index is 2.26. The van der Waals surface area contributed by atoms with Gasteiger partial charge >= 0.3 is 11.5 Å². The quantitative estimate of drug-likeness (QED) is 0.476. The van der Waals surface area contributed by atoms with Crippen LogP contribution in [0.1, 0.15) is 0 Å². The summed E-state index contributed by atoms with van der Waals surface area (Å²) in [5.41, 5.74) is 0.718. The van der Waals surface area contributed by atoms with Gasteiger partial charge in [0.05, 0.1) is 6.20 Å². The molecule has 0 aliphatic heterocycles. The average molecular weight is 230 g/mol. The van der Waals surface area contributed by atoms with E-state index in [4.69, 9.17) is 4.42 Å². The number of pyridine rings is 1. The van der Waals surface area contributed by atoms with Crippen molar-refractivity contribution in [1.29, 1.82) is 0 Å². The normalized spacial score (nSPS) is 10.9. The summed E-state index contributed by atoms with van der Waals surface area (Å²) < 4.78 is 19.4. The second-order valence-electron chi connectivity index (χ2n) is 3.52. The molecule has 2 aromatic heterocycles. The van der Waals surface area contributed by atoms with Crippen molar-refractivity contribution in [2.24, 2.45) is 0 Å². The summed E-state index contributed by atoms with van der Waals surface area (Å²) in [7, 11) is 0. The zero-order valence-corrected chi connectivity index (χ0v) is 8.63. The fourth-order valence-corrected chi connectivity index (χ4v) is 1.62. The van der Waals surface area contributed by atoms with E-state index in [1.807, 2.05) is 0 Å². The number of rotatable bonds is 1. The van der Waals surface area contributed by atoms with E-state index >= 15 is 0 Å². The number of aromatic nitrogens is 2. The van der Waals surface area contributed by atoms with Crippen molar-refractivity contribution in [3.05, 3.63) is 53.6 Å². The van der Waals surface area contributed by atoms with Gasteiger partial charge in [0, 0.05) is 4.98 Å². The van der Waals surface area contributed by atoms with Gasteiger partial charge in [0.25, 0.3) is 0 Å². The Kier molecular flexibility index (Phi) is 2.04. The Hall–Kier alpha value is -2.43. The molecule has 0 radical (unpaired) electrons. The number of hydrogen-bond donors (Lipinski definition) is 0. The third-order valence-corrected chi connectivity index (χ3v) is 2.42. The zero-order chi connectivity index (χ0) is 11.8. The van der Waals surface area contributed by atoms with Gasteiger partial charge in [0.2, 0.25) is 5.58 Å². The summed E-state index contributed by atoms with van der Waals surface area (Å²) >= 11 is 0. The third kappa shape index (κ3) is 1.52. The minimum Gasteiger partial charge on any atom is -0.710 e. The highest BCUT2D eigenvalue weighted by Gasteiger charge is 2.20. The molecular weight excluding hydrogens is 223 g/mol. The molecule has 1 aromatic carbocycles. The van der Waals surface area contributed by atoms with E-state index in [1.54, 1.807) is 30.3 Å². The van der Waals surface area contributed by atoms with Crippen LogP contribution in [0.2, 0.25) is 0 Å². The smallest absolute Gasteiger partial charge is 0.373 e. The molecule has 5 heteroatoms. The Labute approximate surface area is 95.5 Å². The summed E-state index contributed by atoms with van der Waals surface area (Å²) in [6.45, 7) is 0. The molecule has 3 aromatic rings. The molecule has 0 N–H and O–H groups in total. The van der Waals surface area contributed by atoms with Crippen LogP contribution in [-0.2, 0) is 0 Å². The largest absolute Gasteiger partial charge is 0.710 e. The lowest BCUT2D eigenvalue weighted by Gasteiger charge is -1.96. The maximum Gasteiger partial charge on any atom is 0.373 e. The fraction of sp³-hybridized carbons (Fsp3) is 0. The lowest BCUT2D eigenvalue weighted by molar-refractivity contribution is -0.579. The molecule has 0 fully saturated rings. The second kappa shape index (κ2) is 3.55. The maximum absolute atomic E-state index is 13.5. The molecule has 0 bridgehead atoms. The molecule has 2 heterocycles. The van der Waals surface area contributed by atoms with Crippen LogP contribution < -0.4 is 4.73 Å². The van der Waals surface area contributed by atoms with E-state index in [0.717, 1.165) is 0 Å². The number of benzene rings is 1. The van der Waals surface area contributed by atoms with Gasteiger partial charge in [-0.1, -0.05) is 12.1 Å². The monoisotopic (exact) mass is 230 g/mol. The Morgan fingerprint density at radius 2 is 2.00 bits per heavy atom. The molecule has 17 heavy (non-hydrogen) atoms. The highest BCUT2D eigenvalue weighted by atomic mass is 19.1. The molecule has 4 nitrogen and oxygen atoms in total. The summed E-state index contributed by atoms with van der Waals surface area (Å²) in [6, 6.07) is 9.28. The van der Waals surface area contributed by atoms with Gasteiger partial charge < -0.3 is 9.62 Å². The summed E-state index contributed by atoms with van der Waals surface area (Å²) in [5.74, 6) is -0.328. The van der Waals surface area contributed by atoms with Crippen LogP contribution in [0.3, 0.4) is 0 Å². The Bertz CT molecular complexity index is 694. The molecule has 0 aliphatic rings. The molecule has 0 spiro atoms. The highest BCUT2D eigenvalue weighted by molar-refractivity contribution is 5.69.